The molecule has 48 valence electrons. The molecular weight excluding hydrogens is 167 g/mol. The number of halogens is 2. The first-order chi connectivity index (χ1) is 3.63. The fraction of sp³-hybridized carbons (Fsp3) is 0.750. The summed E-state index contributed by atoms with van der Waals surface area (Å²) in [6.45, 7) is 1.95. The molecule has 0 aliphatic heterocycles. The van der Waals surface area contributed by atoms with Crippen molar-refractivity contribution in [3.05, 3.63) is 0 Å². The van der Waals surface area contributed by atoms with Gasteiger partial charge in [0.25, 0.3) is 0 Å². The quantitative estimate of drug-likeness (QED) is 0.467. The van der Waals surface area contributed by atoms with Gasteiger partial charge in [0.1, 0.15) is 11.4 Å². The Labute approximate surface area is 63.9 Å². The Bertz CT molecular complexity index is 84.1. The second kappa shape index (κ2) is 4.36. The minimum absolute atomic E-state index is 0.276. The van der Waals surface area contributed by atoms with Crippen LogP contribution in [-0.4, -0.2) is 16.5 Å². The Morgan fingerprint density at radius 1 is 1.75 bits per heavy atom. The van der Waals surface area contributed by atoms with Gasteiger partial charge in [-0.1, -0.05) is 0 Å². The van der Waals surface area contributed by atoms with Crippen LogP contribution in [0.4, 0.5) is 0 Å². The number of hydrogen-bond donors (Lipinski definition) is 0. The summed E-state index contributed by atoms with van der Waals surface area (Å²) in [6.07, 6.45) is 0. The molecule has 0 N–H and O–H groups in total. The van der Waals surface area contributed by atoms with Crippen molar-refractivity contribution in [2.75, 3.05) is 6.61 Å². The van der Waals surface area contributed by atoms with E-state index in [0.29, 0.717) is 5.05 Å². The second-order valence-corrected chi connectivity index (χ2v) is 3.05. The van der Waals surface area contributed by atoms with E-state index in [-0.39, 0.29) is 6.61 Å². The SMILES string of the molecule is CC(=S)OCC(Cl)Cl. The van der Waals surface area contributed by atoms with Crippen molar-refractivity contribution in [3.8, 4) is 0 Å². The number of hydrogen-bond acceptors (Lipinski definition) is 2. The summed E-state index contributed by atoms with van der Waals surface area (Å²) in [5, 5.41) is 0.469. The van der Waals surface area contributed by atoms with Crippen LogP contribution in [-0.2, 0) is 4.74 Å². The molecule has 0 amide bonds. The van der Waals surface area contributed by atoms with Crippen LogP contribution in [0.5, 0.6) is 0 Å². The maximum Gasteiger partial charge on any atom is 0.156 e. The van der Waals surface area contributed by atoms with Gasteiger partial charge >= 0.3 is 0 Å². The third-order valence-corrected chi connectivity index (χ3v) is 0.782. The van der Waals surface area contributed by atoms with E-state index < -0.39 is 4.84 Å². The third kappa shape index (κ3) is 6.47. The van der Waals surface area contributed by atoms with Crippen molar-refractivity contribution in [1.82, 2.24) is 0 Å². The lowest BCUT2D eigenvalue weighted by atomic mass is 10.8. The van der Waals surface area contributed by atoms with E-state index >= 15 is 0 Å². The topological polar surface area (TPSA) is 9.23 Å². The van der Waals surface area contributed by atoms with Crippen molar-refractivity contribution in [1.29, 1.82) is 0 Å². The Balaban J connectivity index is 3.05. The lowest BCUT2D eigenvalue weighted by Gasteiger charge is -2.01. The van der Waals surface area contributed by atoms with Gasteiger partial charge in [0.05, 0.1) is 0 Å². The molecule has 0 radical (unpaired) electrons. The number of ether oxygens (including phenoxy) is 1. The molecule has 0 bridgehead atoms. The molecule has 8 heavy (non-hydrogen) atoms. The van der Waals surface area contributed by atoms with E-state index in [1.54, 1.807) is 6.92 Å². The summed E-state index contributed by atoms with van der Waals surface area (Å²) in [6, 6.07) is 0. The van der Waals surface area contributed by atoms with Gasteiger partial charge in [0.2, 0.25) is 0 Å². The molecule has 0 heterocycles. The summed E-state index contributed by atoms with van der Waals surface area (Å²) in [5.74, 6) is 0. The average molecular weight is 173 g/mol. The highest BCUT2D eigenvalue weighted by molar-refractivity contribution is 7.80. The smallest absolute Gasteiger partial charge is 0.156 e. The van der Waals surface area contributed by atoms with Crippen LogP contribution < -0.4 is 0 Å². The fourth-order valence-electron chi connectivity index (χ4n) is 0.180. The first kappa shape index (κ1) is 8.47. The molecule has 0 aliphatic carbocycles. The maximum atomic E-state index is 5.30. The number of thiocarbonyl (C=S) groups is 1. The highest BCUT2D eigenvalue weighted by atomic mass is 35.5. The van der Waals surface area contributed by atoms with E-state index in [2.05, 4.69) is 12.2 Å². The molecule has 0 fully saturated rings. The van der Waals surface area contributed by atoms with Crippen LogP contribution in [0.25, 0.3) is 0 Å². The van der Waals surface area contributed by atoms with Gasteiger partial charge < -0.3 is 4.74 Å². The van der Waals surface area contributed by atoms with Crippen LogP contribution in [0.15, 0.2) is 0 Å². The first-order valence-corrected chi connectivity index (χ1v) is 3.32. The standard InChI is InChI=1S/C4H6Cl2OS/c1-3(8)7-2-4(5)6/h4H,2H2,1H3. The Morgan fingerprint density at radius 2 is 2.25 bits per heavy atom. The summed E-state index contributed by atoms with van der Waals surface area (Å²) >= 11 is 15.2. The van der Waals surface area contributed by atoms with E-state index in [9.17, 15) is 0 Å². The van der Waals surface area contributed by atoms with Gasteiger partial charge in [-0.25, -0.2) is 0 Å². The molecule has 0 atom stereocenters. The molecule has 4 heteroatoms. The van der Waals surface area contributed by atoms with Crippen molar-refractivity contribution in [2.45, 2.75) is 11.8 Å². The van der Waals surface area contributed by atoms with Crippen LogP contribution in [0.1, 0.15) is 6.92 Å². The van der Waals surface area contributed by atoms with Crippen LogP contribution in [0.3, 0.4) is 0 Å². The van der Waals surface area contributed by atoms with Gasteiger partial charge in [-0.05, 0) is 12.2 Å². The zero-order valence-electron chi connectivity index (χ0n) is 4.36. The Hall–Kier alpha value is 0.470. The van der Waals surface area contributed by atoms with Crippen molar-refractivity contribution < 1.29 is 4.74 Å². The molecule has 0 aromatic heterocycles. The van der Waals surface area contributed by atoms with E-state index in [1.165, 1.54) is 0 Å². The zero-order chi connectivity index (χ0) is 6.57. The maximum absolute atomic E-state index is 5.30. The lowest BCUT2D eigenvalue weighted by molar-refractivity contribution is 0.328. The van der Waals surface area contributed by atoms with Gasteiger partial charge in [-0.2, -0.15) is 0 Å². The van der Waals surface area contributed by atoms with Gasteiger partial charge in [-0.15, -0.1) is 23.2 Å². The predicted octanol–water partition coefficient (Wildman–Crippen LogP) is 2.15. The number of rotatable bonds is 2. The molecule has 0 aromatic rings. The Morgan fingerprint density at radius 3 is 2.38 bits per heavy atom. The average Bonchev–Trinajstić information content (AvgIpc) is 1.61. The molecule has 0 aliphatic rings. The highest BCUT2D eigenvalue weighted by Crippen LogP contribution is 2.01. The molecule has 1 nitrogen and oxygen atoms in total. The molecule has 0 saturated carbocycles. The summed E-state index contributed by atoms with van der Waals surface area (Å²) in [5.41, 5.74) is 0. The minimum atomic E-state index is -0.479. The normalized spacial score (nSPS) is 9.50. The molecule has 0 rings (SSSR count). The fourth-order valence-corrected chi connectivity index (χ4v) is 0.374. The monoisotopic (exact) mass is 172 g/mol. The van der Waals surface area contributed by atoms with Crippen molar-refractivity contribution >= 4 is 40.5 Å². The number of alkyl halides is 2. The van der Waals surface area contributed by atoms with Gasteiger partial charge in [-0.3, -0.25) is 0 Å². The largest absolute Gasteiger partial charge is 0.485 e. The van der Waals surface area contributed by atoms with Crippen molar-refractivity contribution in [2.24, 2.45) is 0 Å². The van der Waals surface area contributed by atoms with Crippen LogP contribution in [0, 0.1) is 0 Å². The molecule has 0 saturated heterocycles. The van der Waals surface area contributed by atoms with E-state index in [0.717, 1.165) is 0 Å². The Kier molecular flexibility index (Phi) is 4.61. The van der Waals surface area contributed by atoms with E-state index in [4.69, 9.17) is 27.9 Å². The molecule has 0 aromatic carbocycles. The van der Waals surface area contributed by atoms with Crippen molar-refractivity contribution in [3.63, 3.8) is 0 Å². The third-order valence-electron chi connectivity index (χ3n) is 0.413. The summed E-state index contributed by atoms with van der Waals surface area (Å²) in [4.78, 5) is -0.479. The highest BCUT2D eigenvalue weighted by Gasteiger charge is 1.97. The second-order valence-electron chi connectivity index (χ2n) is 1.19. The predicted molar refractivity (Wildman–Crippen MR) is 39.7 cm³/mol. The lowest BCUT2D eigenvalue weighted by Crippen LogP contribution is -2.04. The minimum Gasteiger partial charge on any atom is -0.485 e. The van der Waals surface area contributed by atoms with Gasteiger partial charge in [0, 0.05) is 6.92 Å². The molecular formula is C4H6Cl2OS. The summed E-state index contributed by atoms with van der Waals surface area (Å²) in [7, 11) is 0. The molecule has 0 spiro atoms. The van der Waals surface area contributed by atoms with E-state index in [1.807, 2.05) is 0 Å². The zero-order valence-corrected chi connectivity index (χ0v) is 6.69. The summed E-state index contributed by atoms with van der Waals surface area (Å²) < 4.78 is 4.77. The first-order valence-electron chi connectivity index (χ1n) is 2.04. The molecule has 0 unspecified atom stereocenters. The van der Waals surface area contributed by atoms with Crippen LogP contribution in [0.2, 0.25) is 0 Å². The van der Waals surface area contributed by atoms with Gasteiger partial charge in [0.15, 0.2) is 5.05 Å². The van der Waals surface area contributed by atoms with Crippen LogP contribution >= 0.6 is 35.4 Å².